The van der Waals surface area contributed by atoms with Gasteiger partial charge in [-0.15, -0.1) is 0 Å². The zero-order valence-corrected chi connectivity index (χ0v) is 12.4. The average Bonchev–Trinajstić information content (AvgIpc) is 2.93. The third-order valence-electron chi connectivity index (χ3n) is 2.18. The second-order valence-corrected chi connectivity index (χ2v) is 7.09. The van der Waals surface area contributed by atoms with E-state index < -0.39 is 21.8 Å². The van der Waals surface area contributed by atoms with E-state index in [2.05, 4.69) is 20.7 Å². The van der Waals surface area contributed by atoms with Gasteiger partial charge in [-0.05, 0) is 23.0 Å². The fraction of sp³-hybridized carbons (Fsp3) is 0.100. The molecule has 5 nitrogen and oxygen atoms in total. The first kappa shape index (κ1) is 13.3. The number of hydrogen-bond acceptors (Lipinski definition) is 5. The Labute approximate surface area is 118 Å². The van der Waals surface area contributed by atoms with Crippen LogP contribution < -0.4 is 0 Å². The Bertz CT molecular complexity index is 578. The van der Waals surface area contributed by atoms with Crippen molar-refractivity contribution < 1.29 is 14.5 Å². The predicted molar refractivity (Wildman–Crippen MR) is 75.7 cm³/mol. The molecule has 8 heteroatoms. The quantitative estimate of drug-likeness (QED) is 0.392. The summed E-state index contributed by atoms with van der Waals surface area (Å²) in [4.78, 5) is 22.8. The number of halogens is 1. The number of carbonyl (C=O) groups excluding carboxylic acids is 1. The molecular weight excluding hydrogens is 342 g/mol. The lowest BCUT2D eigenvalue weighted by Gasteiger charge is -2.05. The number of thiol groups is 1. The van der Waals surface area contributed by atoms with Crippen molar-refractivity contribution in [2.75, 3.05) is 7.11 Å². The lowest BCUT2D eigenvalue weighted by molar-refractivity contribution is -0.382. The van der Waals surface area contributed by atoms with E-state index in [1.54, 1.807) is 6.07 Å². The SMILES string of the molecule is COC(=O)c1cc([SH]2C=CC(Br)=C2)c([N+](=O)[O-])s1. The number of nitro groups is 1. The van der Waals surface area contributed by atoms with Gasteiger partial charge in [-0.25, -0.2) is 4.79 Å². The maximum absolute atomic E-state index is 11.4. The van der Waals surface area contributed by atoms with Gasteiger partial charge in [0.05, 0.1) is 16.9 Å². The van der Waals surface area contributed by atoms with Gasteiger partial charge in [0, 0.05) is 4.48 Å². The largest absolute Gasteiger partial charge is 0.465 e. The van der Waals surface area contributed by atoms with Crippen LogP contribution in [0.3, 0.4) is 0 Å². The Morgan fingerprint density at radius 2 is 2.33 bits per heavy atom. The Hall–Kier alpha value is -1.12. The van der Waals surface area contributed by atoms with E-state index in [9.17, 15) is 14.9 Å². The summed E-state index contributed by atoms with van der Waals surface area (Å²) in [5.41, 5.74) is 0. The molecule has 0 aromatic carbocycles. The Morgan fingerprint density at radius 3 is 2.83 bits per heavy atom. The van der Waals surface area contributed by atoms with Gasteiger partial charge in [0.25, 0.3) is 0 Å². The third-order valence-corrected chi connectivity index (χ3v) is 6.17. The molecule has 0 radical (unpaired) electrons. The van der Waals surface area contributed by atoms with E-state index in [0.29, 0.717) is 4.90 Å². The Balaban J connectivity index is 2.46. The summed E-state index contributed by atoms with van der Waals surface area (Å²) in [6, 6.07) is 1.55. The number of carbonyl (C=O) groups is 1. The highest BCUT2D eigenvalue weighted by molar-refractivity contribution is 9.12. The van der Waals surface area contributed by atoms with Gasteiger partial charge in [-0.3, -0.25) is 10.1 Å². The van der Waals surface area contributed by atoms with Gasteiger partial charge in [0.15, 0.2) is 0 Å². The van der Waals surface area contributed by atoms with Crippen molar-refractivity contribution in [1.29, 1.82) is 0 Å². The van der Waals surface area contributed by atoms with Crippen LogP contribution in [0.1, 0.15) is 9.67 Å². The van der Waals surface area contributed by atoms with E-state index in [1.165, 1.54) is 7.11 Å². The summed E-state index contributed by atoms with van der Waals surface area (Å²) in [7, 11) is 0.385. The highest BCUT2D eigenvalue weighted by Gasteiger charge is 2.26. The normalized spacial score (nSPS) is 19.7. The van der Waals surface area contributed by atoms with Crippen molar-refractivity contribution in [2.24, 2.45) is 0 Å². The lowest BCUT2D eigenvalue weighted by Crippen LogP contribution is -1.96. The highest BCUT2D eigenvalue weighted by atomic mass is 79.9. The predicted octanol–water partition coefficient (Wildman–Crippen LogP) is 3.57. The Morgan fingerprint density at radius 1 is 1.61 bits per heavy atom. The standard InChI is InChI=1S/C10H8BrNO4S2/c1-16-10(13)7-4-8(9(17-7)12(14)15)18-3-2-6(11)5-18/h2-5,18H,1H3. The maximum Gasteiger partial charge on any atom is 0.348 e. The molecule has 0 aliphatic carbocycles. The van der Waals surface area contributed by atoms with Gasteiger partial charge < -0.3 is 4.74 Å². The van der Waals surface area contributed by atoms with Crippen molar-refractivity contribution in [3.63, 3.8) is 0 Å². The first-order valence-corrected chi connectivity index (χ1v) is 7.82. The molecule has 2 heterocycles. The van der Waals surface area contributed by atoms with Crippen molar-refractivity contribution >= 4 is 49.1 Å². The molecule has 0 spiro atoms. The number of esters is 1. The molecule has 1 unspecified atom stereocenters. The average molecular weight is 350 g/mol. The second-order valence-electron chi connectivity index (χ2n) is 3.29. The van der Waals surface area contributed by atoms with Gasteiger partial charge >= 0.3 is 11.0 Å². The smallest absolute Gasteiger partial charge is 0.348 e. The number of nitrogens with zero attached hydrogens (tertiary/aromatic N) is 1. The van der Waals surface area contributed by atoms with Gasteiger partial charge in [0.1, 0.15) is 4.88 Å². The molecule has 0 saturated carbocycles. The van der Waals surface area contributed by atoms with Crippen LogP contribution in [-0.4, -0.2) is 18.0 Å². The molecule has 1 atom stereocenters. The minimum Gasteiger partial charge on any atom is -0.465 e. The highest BCUT2D eigenvalue weighted by Crippen LogP contribution is 2.52. The van der Waals surface area contributed by atoms with Gasteiger partial charge in [-0.1, -0.05) is 27.3 Å². The summed E-state index contributed by atoms with van der Waals surface area (Å²) in [6.07, 6.45) is 1.85. The second kappa shape index (κ2) is 5.25. The third kappa shape index (κ3) is 2.50. The van der Waals surface area contributed by atoms with E-state index in [0.717, 1.165) is 15.8 Å². The zero-order chi connectivity index (χ0) is 13.3. The number of hydrogen-bond donors (Lipinski definition) is 1. The van der Waals surface area contributed by atoms with Crippen LogP contribution in [-0.2, 0) is 4.74 Å². The fourth-order valence-corrected chi connectivity index (χ4v) is 5.38. The molecule has 96 valence electrons. The molecule has 18 heavy (non-hydrogen) atoms. The minimum atomic E-state index is -0.870. The molecule has 0 fully saturated rings. The van der Waals surface area contributed by atoms with Crippen LogP contribution in [0.4, 0.5) is 5.00 Å². The first-order chi connectivity index (χ1) is 8.52. The molecule has 1 aromatic heterocycles. The van der Waals surface area contributed by atoms with Crippen LogP contribution in [0, 0.1) is 10.1 Å². The van der Waals surface area contributed by atoms with Crippen LogP contribution in [0.5, 0.6) is 0 Å². The van der Waals surface area contributed by atoms with E-state index in [4.69, 9.17) is 0 Å². The fourth-order valence-electron chi connectivity index (χ4n) is 1.41. The molecule has 2 rings (SSSR count). The van der Waals surface area contributed by atoms with E-state index >= 15 is 0 Å². The molecule has 1 aromatic rings. The number of allylic oxidation sites excluding steroid dienone is 2. The number of ether oxygens (including phenoxy) is 1. The summed E-state index contributed by atoms with van der Waals surface area (Å²) < 4.78 is 5.48. The minimum absolute atomic E-state index is 0.00427. The lowest BCUT2D eigenvalue weighted by atomic mass is 10.5. The van der Waals surface area contributed by atoms with Crippen LogP contribution in [0.2, 0.25) is 0 Å². The molecular formula is C10H8BrNO4S2. The zero-order valence-electron chi connectivity index (χ0n) is 9.12. The van der Waals surface area contributed by atoms with Gasteiger partial charge in [-0.2, -0.15) is 10.9 Å². The van der Waals surface area contributed by atoms with Crippen molar-refractivity contribution in [3.8, 4) is 0 Å². The number of thiophene rings is 1. The molecule has 0 amide bonds. The van der Waals surface area contributed by atoms with Crippen molar-refractivity contribution in [3.05, 3.63) is 42.4 Å². The maximum atomic E-state index is 11.4. The molecule has 0 bridgehead atoms. The van der Waals surface area contributed by atoms with Crippen LogP contribution >= 0.6 is 38.2 Å². The summed E-state index contributed by atoms with van der Waals surface area (Å²) in [5.74, 6) is -0.546. The first-order valence-electron chi connectivity index (χ1n) is 4.73. The van der Waals surface area contributed by atoms with E-state index in [-0.39, 0.29) is 9.88 Å². The molecule has 1 aliphatic rings. The molecule has 1 aliphatic heterocycles. The topological polar surface area (TPSA) is 69.4 Å². The van der Waals surface area contributed by atoms with E-state index in [1.807, 2.05) is 16.9 Å². The van der Waals surface area contributed by atoms with Gasteiger partial charge in [0.2, 0.25) is 0 Å². The van der Waals surface area contributed by atoms with Crippen molar-refractivity contribution in [2.45, 2.75) is 4.90 Å². The van der Waals surface area contributed by atoms with Crippen molar-refractivity contribution in [1.82, 2.24) is 0 Å². The Kier molecular flexibility index (Phi) is 3.88. The summed E-state index contributed by atoms with van der Waals surface area (Å²) >= 11 is 4.17. The molecule has 0 N–H and O–H groups in total. The monoisotopic (exact) mass is 349 g/mol. The van der Waals surface area contributed by atoms with Crippen LogP contribution in [0.25, 0.3) is 0 Å². The number of rotatable bonds is 3. The summed E-state index contributed by atoms with van der Waals surface area (Å²) in [5, 5.41) is 14.8. The summed E-state index contributed by atoms with van der Waals surface area (Å²) in [6.45, 7) is 0. The van der Waals surface area contributed by atoms with Crippen LogP contribution in [0.15, 0.2) is 32.3 Å². The molecule has 0 saturated heterocycles. The number of methoxy groups -OCH3 is 1.